The molecule has 2 aromatic heterocycles. The average molecular weight is 173 g/mol. The predicted octanol–water partition coefficient (Wildman–Crippen LogP) is 1.75. The van der Waals surface area contributed by atoms with E-state index in [-0.39, 0.29) is 6.04 Å². The summed E-state index contributed by atoms with van der Waals surface area (Å²) < 4.78 is 0. The maximum Gasteiger partial charge on any atom is 0.137 e. The van der Waals surface area contributed by atoms with Crippen LogP contribution in [-0.2, 0) is 0 Å². The van der Waals surface area contributed by atoms with Crippen molar-refractivity contribution in [1.29, 1.82) is 0 Å². The van der Waals surface area contributed by atoms with E-state index in [0.29, 0.717) is 0 Å². The summed E-state index contributed by atoms with van der Waals surface area (Å²) in [6, 6.07) is 3.86. The van der Waals surface area contributed by atoms with Crippen molar-refractivity contribution in [3.8, 4) is 0 Å². The van der Waals surface area contributed by atoms with E-state index in [0.717, 1.165) is 16.6 Å². The summed E-state index contributed by atoms with van der Waals surface area (Å²) in [7, 11) is 0. The number of fused-ring (bicyclic) bond motifs is 1. The molecule has 0 aliphatic rings. The van der Waals surface area contributed by atoms with E-state index >= 15 is 0 Å². The fourth-order valence-electron chi connectivity index (χ4n) is 1.28. The van der Waals surface area contributed by atoms with E-state index in [1.54, 1.807) is 12.3 Å². The molecule has 0 radical (unpaired) electrons. The van der Waals surface area contributed by atoms with Gasteiger partial charge in [0.1, 0.15) is 5.65 Å². The normalized spacial score (nSPS) is 13.0. The molecular weight excluding hydrogens is 162 g/mol. The van der Waals surface area contributed by atoms with Gasteiger partial charge in [-0.15, -0.1) is 6.58 Å². The molecule has 2 rings (SSSR count). The van der Waals surface area contributed by atoms with Gasteiger partial charge in [0.15, 0.2) is 0 Å². The molecule has 13 heavy (non-hydrogen) atoms. The van der Waals surface area contributed by atoms with E-state index in [9.17, 15) is 0 Å². The van der Waals surface area contributed by atoms with Crippen molar-refractivity contribution in [2.45, 2.75) is 6.04 Å². The van der Waals surface area contributed by atoms with Gasteiger partial charge in [0.2, 0.25) is 0 Å². The van der Waals surface area contributed by atoms with Crippen molar-refractivity contribution in [2.75, 3.05) is 0 Å². The zero-order chi connectivity index (χ0) is 9.26. The Morgan fingerprint density at radius 2 is 2.46 bits per heavy atom. The third-order valence-electron chi connectivity index (χ3n) is 2.06. The molecule has 1 atom stereocenters. The summed E-state index contributed by atoms with van der Waals surface area (Å²) >= 11 is 0. The van der Waals surface area contributed by atoms with Crippen LogP contribution in [0.15, 0.2) is 37.2 Å². The number of nitrogens with one attached hydrogen (secondary N) is 1. The monoisotopic (exact) mass is 173 g/mol. The molecule has 66 valence electrons. The van der Waals surface area contributed by atoms with Gasteiger partial charge in [0.25, 0.3) is 0 Å². The standard InChI is InChI=1S/C10H11N3/c1-2-9(11)8-5-7-3-4-12-10(7)13-6-8/h2-6,9H,1,11H2,(H,12,13)/t9-/m0/s1. The summed E-state index contributed by atoms with van der Waals surface area (Å²) in [4.78, 5) is 7.25. The topological polar surface area (TPSA) is 54.7 Å². The minimum absolute atomic E-state index is 0.133. The van der Waals surface area contributed by atoms with E-state index in [2.05, 4.69) is 16.5 Å². The van der Waals surface area contributed by atoms with Crippen molar-refractivity contribution in [3.05, 3.63) is 42.7 Å². The molecule has 0 bridgehead atoms. The molecule has 0 saturated carbocycles. The highest BCUT2D eigenvalue weighted by Gasteiger charge is 2.03. The van der Waals surface area contributed by atoms with Gasteiger partial charge in [-0.1, -0.05) is 6.08 Å². The van der Waals surface area contributed by atoms with Gasteiger partial charge < -0.3 is 10.7 Å². The third-order valence-corrected chi connectivity index (χ3v) is 2.06. The van der Waals surface area contributed by atoms with Crippen molar-refractivity contribution >= 4 is 11.0 Å². The maximum absolute atomic E-state index is 5.79. The maximum atomic E-state index is 5.79. The number of rotatable bonds is 2. The number of nitrogens with zero attached hydrogens (tertiary/aromatic N) is 1. The molecular formula is C10H11N3. The molecule has 3 nitrogen and oxygen atoms in total. The molecule has 2 aromatic rings. The number of aromatic amines is 1. The van der Waals surface area contributed by atoms with Gasteiger partial charge in [0.05, 0.1) is 0 Å². The minimum Gasteiger partial charge on any atom is -0.346 e. The molecule has 0 unspecified atom stereocenters. The zero-order valence-electron chi connectivity index (χ0n) is 7.20. The highest BCUT2D eigenvalue weighted by Crippen LogP contribution is 2.16. The second-order valence-electron chi connectivity index (χ2n) is 2.95. The van der Waals surface area contributed by atoms with Crippen molar-refractivity contribution in [3.63, 3.8) is 0 Å². The third kappa shape index (κ3) is 1.34. The van der Waals surface area contributed by atoms with Crippen molar-refractivity contribution in [2.24, 2.45) is 5.73 Å². The van der Waals surface area contributed by atoms with E-state index < -0.39 is 0 Å². The van der Waals surface area contributed by atoms with Crippen LogP contribution >= 0.6 is 0 Å². The first-order valence-corrected chi connectivity index (χ1v) is 4.12. The van der Waals surface area contributed by atoms with Gasteiger partial charge in [-0.05, 0) is 17.7 Å². The molecule has 0 aromatic carbocycles. The predicted molar refractivity (Wildman–Crippen MR) is 53.2 cm³/mol. The van der Waals surface area contributed by atoms with Gasteiger partial charge in [0, 0.05) is 23.8 Å². The largest absolute Gasteiger partial charge is 0.346 e. The second-order valence-corrected chi connectivity index (χ2v) is 2.95. The molecule has 0 aliphatic heterocycles. The number of nitrogens with two attached hydrogens (primary N) is 1. The smallest absolute Gasteiger partial charge is 0.137 e. The number of pyridine rings is 1. The molecule has 0 amide bonds. The Hall–Kier alpha value is -1.61. The number of aromatic nitrogens is 2. The van der Waals surface area contributed by atoms with Crippen LogP contribution in [0.25, 0.3) is 11.0 Å². The lowest BCUT2D eigenvalue weighted by atomic mass is 10.1. The molecule has 0 spiro atoms. The fourth-order valence-corrected chi connectivity index (χ4v) is 1.28. The fraction of sp³-hybridized carbons (Fsp3) is 0.100. The van der Waals surface area contributed by atoms with Crippen molar-refractivity contribution in [1.82, 2.24) is 9.97 Å². The lowest BCUT2D eigenvalue weighted by molar-refractivity contribution is 0.908. The number of hydrogen-bond acceptors (Lipinski definition) is 2. The van der Waals surface area contributed by atoms with Crippen LogP contribution in [-0.4, -0.2) is 9.97 Å². The summed E-state index contributed by atoms with van der Waals surface area (Å²) in [6.45, 7) is 3.64. The van der Waals surface area contributed by atoms with Crippen LogP contribution in [0.1, 0.15) is 11.6 Å². The molecule has 0 fully saturated rings. The first-order chi connectivity index (χ1) is 6.31. The number of hydrogen-bond donors (Lipinski definition) is 2. The van der Waals surface area contributed by atoms with Crippen molar-refractivity contribution < 1.29 is 0 Å². The Labute approximate surface area is 76.3 Å². The van der Waals surface area contributed by atoms with Gasteiger partial charge in [-0.3, -0.25) is 0 Å². The van der Waals surface area contributed by atoms with E-state index in [1.807, 2.05) is 18.3 Å². The summed E-state index contributed by atoms with van der Waals surface area (Å²) in [5, 5.41) is 1.08. The highest BCUT2D eigenvalue weighted by molar-refractivity contribution is 5.75. The minimum atomic E-state index is -0.133. The first kappa shape index (κ1) is 8.01. The van der Waals surface area contributed by atoms with Gasteiger partial charge in [-0.2, -0.15) is 0 Å². The SMILES string of the molecule is C=C[C@H](N)c1cnc2[nH]ccc2c1. The van der Waals surface area contributed by atoms with Crippen LogP contribution < -0.4 is 5.73 Å². The molecule has 2 heterocycles. The Morgan fingerprint density at radius 1 is 1.62 bits per heavy atom. The summed E-state index contributed by atoms with van der Waals surface area (Å²) in [6.07, 6.45) is 5.33. The molecule has 3 N–H and O–H groups in total. The number of H-pyrrole nitrogens is 1. The second kappa shape index (κ2) is 3.03. The average Bonchev–Trinajstić information content (AvgIpc) is 2.63. The summed E-state index contributed by atoms with van der Waals surface area (Å²) in [5.74, 6) is 0. The Bertz CT molecular complexity index is 430. The summed E-state index contributed by atoms with van der Waals surface area (Å²) in [5.41, 5.74) is 7.66. The van der Waals surface area contributed by atoms with Crippen LogP contribution in [0.2, 0.25) is 0 Å². The Kier molecular flexibility index (Phi) is 1.87. The lowest BCUT2D eigenvalue weighted by Crippen LogP contribution is -2.06. The first-order valence-electron chi connectivity index (χ1n) is 4.12. The van der Waals surface area contributed by atoms with Gasteiger partial charge in [-0.25, -0.2) is 4.98 Å². The molecule has 0 saturated heterocycles. The molecule has 0 aliphatic carbocycles. The van der Waals surface area contributed by atoms with Gasteiger partial charge >= 0.3 is 0 Å². The van der Waals surface area contributed by atoms with E-state index in [1.165, 1.54) is 0 Å². The Balaban J connectivity index is 2.53. The van der Waals surface area contributed by atoms with E-state index in [4.69, 9.17) is 5.73 Å². The quantitative estimate of drug-likeness (QED) is 0.680. The van der Waals surface area contributed by atoms with Crippen LogP contribution in [0.3, 0.4) is 0 Å². The van der Waals surface area contributed by atoms with Crippen LogP contribution in [0, 0.1) is 0 Å². The van der Waals surface area contributed by atoms with Crippen LogP contribution in [0.5, 0.6) is 0 Å². The highest BCUT2D eigenvalue weighted by atomic mass is 14.8. The zero-order valence-corrected chi connectivity index (χ0v) is 7.20. The Morgan fingerprint density at radius 3 is 3.23 bits per heavy atom. The lowest BCUT2D eigenvalue weighted by Gasteiger charge is -2.04. The molecule has 3 heteroatoms. The van der Waals surface area contributed by atoms with Crippen LogP contribution in [0.4, 0.5) is 0 Å².